The molecule has 3 rings (SSSR count). The molecule has 0 fully saturated rings. The van der Waals surface area contributed by atoms with Crippen molar-refractivity contribution in [2.24, 2.45) is 0 Å². The molecule has 0 saturated carbocycles. The van der Waals surface area contributed by atoms with Gasteiger partial charge in [0.15, 0.2) is 11.5 Å². The van der Waals surface area contributed by atoms with Gasteiger partial charge in [0.25, 0.3) is 0 Å². The Balaban J connectivity index is 1.94. The normalized spacial score (nSPS) is 16.5. The summed E-state index contributed by atoms with van der Waals surface area (Å²) in [5.41, 5.74) is 2.32. The highest BCUT2D eigenvalue weighted by molar-refractivity contribution is 7.89. The molecule has 1 atom stereocenters. The van der Waals surface area contributed by atoms with Gasteiger partial charge in [0.2, 0.25) is 10.0 Å². The first kappa shape index (κ1) is 18.7. The van der Waals surface area contributed by atoms with Gasteiger partial charge in [-0.3, -0.25) is 0 Å². The molecule has 2 aromatic rings. The van der Waals surface area contributed by atoms with Gasteiger partial charge in [-0.15, -0.1) is 0 Å². The van der Waals surface area contributed by atoms with E-state index in [1.54, 1.807) is 25.2 Å². The molecule has 2 aromatic carbocycles. The molecule has 0 bridgehead atoms. The lowest BCUT2D eigenvalue weighted by molar-refractivity contribution is 0.286. The van der Waals surface area contributed by atoms with Gasteiger partial charge in [0, 0.05) is 13.1 Å². The fourth-order valence-corrected chi connectivity index (χ4v) is 4.82. The summed E-state index contributed by atoms with van der Waals surface area (Å²) in [6.07, 6.45) is 1.69. The van der Waals surface area contributed by atoms with E-state index in [2.05, 4.69) is 6.07 Å². The molecule has 1 aliphatic carbocycles. The van der Waals surface area contributed by atoms with E-state index in [1.807, 2.05) is 32.0 Å². The van der Waals surface area contributed by atoms with E-state index in [9.17, 15) is 8.42 Å². The third-order valence-corrected chi connectivity index (χ3v) is 6.59. The van der Waals surface area contributed by atoms with Gasteiger partial charge in [0.1, 0.15) is 0 Å². The molecule has 0 spiro atoms. The number of benzene rings is 2. The Morgan fingerprint density at radius 1 is 1.04 bits per heavy atom. The standard InChI is InChI=1S/C20H25NO4S/c1-4-24-19-13-11-16(14-20(19)25-5-2)26(22,23)21(3)18-12-10-15-8-6-7-9-17(15)18/h6-9,11,13-14,18H,4-5,10,12H2,1-3H3. The summed E-state index contributed by atoms with van der Waals surface area (Å²) >= 11 is 0. The molecule has 0 N–H and O–H groups in total. The zero-order valence-corrected chi connectivity index (χ0v) is 16.3. The van der Waals surface area contributed by atoms with Gasteiger partial charge in [-0.25, -0.2) is 8.42 Å². The van der Waals surface area contributed by atoms with Crippen LogP contribution in [0.5, 0.6) is 11.5 Å². The van der Waals surface area contributed by atoms with Crippen LogP contribution in [0.3, 0.4) is 0 Å². The summed E-state index contributed by atoms with van der Waals surface area (Å²) in [6.45, 7) is 4.67. The predicted molar refractivity (Wildman–Crippen MR) is 101 cm³/mol. The zero-order valence-electron chi connectivity index (χ0n) is 15.4. The van der Waals surface area contributed by atoms with Crippen LogP contribution >= 0.6 is 0 Å². The fraction of sp³-hybridized carbons (Fsp3) is 0.400. The van der Waals surface area contributed by atoms with E-state index in [4.69, 9.17) is 9.47 Å². The van der Waals surface area contributed by atoms with Crippen molar-refractivity contribution in [1.82, 2.24) is 4.31 Å². The highest BCUT2D eigenvalue weighted by Gasteiger charge is 2.33. The summed E-state index contributed by atoms with van der Waals surface area (Å²) < 4.78 is 39.0. The molecular weight excluding hydrogens is 350 g/mol. The van der Waals surface area contributed by atoms with Crippen LogP contribution in [0.2, 0.25) is 0 Å². The number of hydrogen-bond donors (Lipinski definition) is 0. The zero-order chi connectivity index (χ0) is 18.7. The van der Waals surface area contributed by atoms with Crippen molar-refractivity contribution in [2.75, 3.05) is 20.3 Å². The maximum atomic E-state index is 13.2. The number of hydrogen-bond acceptors (Lipinski definition) is 4. The molecule has 0 aromatic heterocycles. The summed E-state index contributed by atoms with van der Waals surface area (Å²) in [5.74, 6) is 1.01. The fourth-order valence-electron chi connectivity index (χ4n) is 3.44. The van der Waals surface area contributed by atoms with Gasteiger partial charge < -0.3 is 9.47 Å². The Bertz CT molecular complexity index is 879. The number of ether oxygens (including phenoxy) is 2. The van der Waals surface area contributed by atoms with Gasteiger partial charge in [-0.2, -0.15) is 4.31 Å². The van der Waals surface area contributed by atoms with Crippen LogP contribution in [0.4, 0.5) is 0 Å². The smallest absolute Gasteiger partial charge is 0.243 e. The van der Waals surface area contributed by atoms with E-state index in [-0.39, 0.29) is 10.9 Å². The molecule has 0 aliphatic heterocycles. The van der Waals surface area contributed by atoms with Crippen molar-refractivity contribution in [2.45, 2.75) is 37.6 Å². The quantitative estimate of drug-likeness (QED) is 0.739. The van der Waals surface area contributed by atoms with E-state index >= 15 is 0 Å². The largest absolute Gasteiger partial charge is 0.490 e. The Hall–Kier alpha value is -2.05. The first-order valence-corrected chi connectivity index (χ1v) is 10.4. The third-order valence-electron chi connectivity index (χ3n) is 4.73. The minimum Gasteiger partial charge on any atom is -0.490 e. The van der Waals surface area contributed by atoms with Crippen molar-refractivity contribution in [1.29, 1.82) is 0 Å². The highest BCUT2D eigenvalue weighted by Crippen LogP contribution is 2.38. The second-order valence-electron chi connectivity index (χ2n) is 6.25. The average molecular weight is 375 g/mol. The van der Waals surface area contributed by atoms with Gasteiger partial charge in [0.05, 0.1) is 24.2 Å². The second kappa shape index (κ2) is 7.68. The minimum atomic E-state index is -3.64. The molecule has 1 unspecified atom stereocenters. The molecule has 6 heteroatoms. The summed E-state index contributed by atoms with van der Waals surface area (Å²) in [7, 11) is -1.99. The van der Waals surface area contributed by atoms with Crippen LogP contribution in [-0.2, 0) is 16.4 Å². The lowest BCUT2D eigenvalue weighted by Gasteiger charge is -2.25. The number of rotatable bonds is 7. The molecule has 140 valence electrons. The molecule has 5 nitrogen and oxygen atoms in total. The molecule has 0 amide bonds. The first-order chi connectivity index (χ1) is 12.5. The second-order valence-corrected chi connectivity index (χ2v) is 8.25. The van der Waals surface area contributed by atoms with Gasteiger partial charge in [-0.05, 0) is 49.9 Å². The van der Waals surface area contributed by atoms with Crippen LogP contribution < -0.4 is 9.47 Å². The summed E-state index contributed by atoms with van der Waals surface area (Å²) in [4.78, 5) is 0.219. The minimum absolute atomic E-state index is 0.140. The van der Waals surface area contributed by atoms with Gasteiger partial charge in [-0.1, -0.05) is 24.3 Å². The topological polar surface area (TPSA) is 55.8 Å². The van der Waals surface area contributed by atoms with Crippen molar-refractivity contribution in [3.63, 3.8) is 0 Å². The molecule has 1 aliphatic rings. The van der Waals surface area contributed by atoms with Crippen LogP contribution in [0.25, 0.3) is 0 Å². The van der Waals surface area contributed by atoms with Crippen molar-refractivity contribution < 1.29 is 17.9 Å². The molecule has 0 radical (unpaired) electrons. The van der Waals surface area contributed by atoms with Crippen molar-refractivity contribution in [3.8, 4) is 11.5 Å². The Kier molecular flexibility index (Phi) is 5.53. The van der Waals surface area contributed by atoms with Crippen LogP contribution in [-0.4, -0.2) is 33.0 Å². The maximum absolute atomic E-state index is 13.2. The molecule has 0 saturated heterocycles. The maximum Gasteiger partial charge on any atom is 0.243 e. The van der Waals surface area contributed by atoms with Crippen molar-refractivity contribution in [3.05, 3.63) is 53.6 Å². The monoisotopic (exact) mass is 375 g/mol. The van der Waals surface area contributed by atoms with Crippen LogP contribution in [0.15, 0.2) is 47.4 Å². The Labute approximate surface area is 155 Å². The number of sulfonamides is 1. The lowest BCUT2D eigenvalue weighted by atomic mass is 10.1. The molecular formula is C20H25NO4S. The van der Waals surface area contributed by atoms with Crippen LogP contribution in [0.1, 0.15) is 37.4 Å². The summed E-state index contributed by atoms with van der Waals surface area (Å²) in [6, 6.07) is 12.7. The number of fused-ring (bicyclic) bond motifs is 1. The predicted octanol–water partition coefficient (Wildman–Crippen LogP) is 3.79. The summed E-state index contributed by atoms with van der Waals surface area (Å²) in [5, 5.41) is 0. The number of aryl methyl sites for hydroxylation is 1. The first-order valence-electron chi connectivity index (χ1n) is 8.94. The lowest BCUT2D eigenvalue weighted by Crippen LogP contribution is -2.30. The van der Waals surface area contributed by atoms with E-state index < -0.39 is 10.0 Å². The van der Waals surface area contributed by atoms with E-state index in [1.165, 1.54) is 9.87 Å². The average Bonchev–Trinajstić information content (AvgIpc) is 3.06. The van der Waals surface area contributed by atoms with Crippen LogP contribution in [0, 0.1) is 0 Å². The van der Waals surface area contributed by atoms with E-state index in [0.717, 1.165) is 18.4 Å². The Morgan fingerprint density at radius 3 is 2.46 bits per heavy atom. The molecule has 26 heavy (non-hydrogen) atoms. The van der Waals surface area contributed by atoms with Crippen molar-refractivity contribution >= 4 is 10.0 Å². The highest BCUT2D eigenvalue weighted by atomic mass is 32.2. The Morgan fingerprint density at radius 2 is 1.73 bits per heavy atom. The number of nitrogens with zero attached hydrogens (tertiary/aromatic N) is 1. The SMILES string of the molecule is CCOc1ccc(S(=O)(=O)N(C)C2CCc3ccccc32)cc1OCC. The molecule has 0 heterocycles. The van der Waals surface area contributed by atoms with Gasteiger partial charge >= 0.3 is 0 Å². The van der Waals surface area contributed by atoms with E-state index in [0.29, 0.717) is 24.7 Å². The third kappa shape index (κ3) is 3.44.